The molecule has 0 amide bonds. The van der Waals surface area contributed by atoms with Gasteiger partial charge in [-0.3, -0.25) is 4.79 Å². The van der Waals surface area contributed by atoms with Crippen LogP contribution >= 0.6 is 0 Å². The van der Waals surface area contributed by atoms with Gasteiger partial charge in [0.05, 0.1) is 12.2 Å². The number of hydrogen-bond acceptors (Lipinski definition) is 4. The number of rotatable bonds is 3. The fourth-order valence-corrected chi connectivity index (χ4v) is 1.62. The molecule has 1 aromatic carbocycles. The van der Waals surface area contributed by atoms with Gasteiger partial charge in [-0.1, -0.05) is 12.1 Å². The maximum absolute atomic E-state index is 10.9. The number of para-hydroxylation sites is 1. The van der Waals surface area contributed by atoms with Crippen molar-refractivity contribution in [1.82, 2.24) is 0 Å². The third-order valence-electron chi connectivity index (χ3n) is 2.28. The minimum absolute atomic E-state index is 0.0390. The molecule has 80 valence electrons. The van der Waals surface area contributed by atoms with E-state index in [1.54, 1.807) is 24.1 Å². The Bertz CT molecular complexity index is 610. The Morgan fingerprint density at radius 2 is 2.31 bits per heavy atom. The van der Waals surface area contributed by atoms with Crippen molar-refractivity contribution >= 4 is 17.8 Å². The van der Waals surface area contributed by atoms with E-state index in [1.165, 1.54) is 0 Å². The first-order valence-electron chi connectivity index (χ1n) is 4.87. The highest BCUT2D eigenvalue weighted by Gasteiger charge is 2.15. The molecule has 0 N–H and O–H groups in total. The number of allylic oxidation sites excluding steroid dienone is 1. The van der Waals surface area contributed by atoms with Gasteiger partial charge in [0.15, 0.2) is 17.9 Å². The van der Waals surface area contributed by atoms with Gasteiger partial charge in [0, 0.05) is 5.22 Å². The highest BCUT2D eigenvalue weighted by Crippen LogP contribution is 2.10. The predicted octanol–water partition coefficient (Wildman–Crippen LogP) is -0.216. The molecule has 1 heterocycles. The summed E-state index contributed by atoms with van der Waals surface area (Å²) >= 11 is 0. The lowest BCUT2D eigenvalue weighted by Crippen LogP contribution is -2.25. The van der Waals surface area contributed by atoms with Crippen LogP contribution in [0, 0.1) is 0 Å². The van der Waals surface area contributed by atoms with Gasteiger partial charge in [-0.05, 0) is 13.0 Å². The highest BCUT2D eigenvalue weighted by molar-refractivity contribution is 6.10. The minimum atomic E-state index is 0.0390. The molecule has 0 aliphatic carbocycles. The Labute approximate surface area is 91.6 Å². The van der Waals surface area contributed by atoms with Crippen LogP contribution in [0.1, 0.15) is 6.92 Å². The summed E-state index contributed by atoms with van der Waals surface area (Å²) in [6, 6.07) is 5.24. The largest absolute Gasteiger partial charge is 0.492 e. The number of aldehydes is 1. The maximum Gasteiger partial charge on any atom is 0.158 e. The summed E-state index contributed by atoms with van der Waals surface area (Å²) < 4.78 is 5.37. The standard InChI is InChI=1S/C12H9NO3/c1-2-16-11-5-3-4-8-9(6-14)10(7-15)13-12(8)11/h3-6H,2H2,1H3. The molecule has 2 rings (SSSR count). The van der Waals surface area contributed by atoms with Gasteiger partial charge in [-0.15, -0.1) is 0 Å². The first kappa shape index (κ1) is 10.3. The van der Waals surface area contributed by atoms with Crippen molar-refractivity contribution in [3.05, 3.63) is 34.5 Å². The quantitative estimate of drug-likeness (QED) is 0.517. The van der Waals surface area contributed by atoms with E-state index < -0.39 is 0 Å². The number of carbonyl (C=O) groups is 1. The third kappa shape index (κ3) is 1.45. The van der Waals surface area contributed by atoms with Crippen LogP contribution in [0.25, 0.3) is 5.57 Å². The van der Waals surface area contributed by atoms with E-state index in [0.717, 1.165) is 0 Å². The molecular formula is C12H9NO3. The predicted molar refractivity (Wildman–Crippen MR) is 57.1 cm³/mol. The average molecular weight is 215 g/mol. The summed E-state index contributed by atoms with van der Waals surface area (Å²) in [5.74, 6) is 2.23. The van der Waals surface area contributed by atoms with Crippen molar-refractivity contribution in [3.63, 3.8) is 0 Å². The van der Waals surface area contributed by atoms with Gasteiger partial charge < -0.3 is 4.74 Å². The molecule has 0 fully saturated rings. The van der Waals surface area contributed by atoms with Gasteiger partial charge in [0.25, 0.3) is 0 Å². The van der Waals surface area contributed by atoms with Crippen LogP contribution in [-0.4, -0.2) is 18.8 Å². The third-order valence-corrected chi connectivity index (χ3v) is 2.28. The zero-order valence-electron chi connectivity index (χ0n) is 8.69. The number of ether oxygens (including phenoxy) is 1. The number of hydrogen-bond donors (Lipinski definition) is 0. The molecule has 1 aromatic rings. The maximum atomic E-state index is 10.9. The second-order valence-electron chi connectivity index (χ2n) is 3.18. The van der Waals surface area contributed by atoms with E-state index >= 15 is 0 Å². The van der Waals surface area contributed by atoms with Crippen molar-refractivity contribution in [2.24, 2.45) is 4.99 Å². The molecule has 0 unspecified atom stereocenters. The SMILES string of the molecule is CCOc1cccc2c1=NC(=C=O)C=2C=O. The van der Waals surface area contributed by atoms with Crippen LogP contribution < -0.4 is 15.3 Å². The van der Waals surface area contributed by atoms with Crippen LogP contribution in [0.3, 0.4) is 0 Å². The molecule has 0 atom stereocenters. The lowest BCUT2D eigenvalue weighted by Gasteiger charge is -2.00. The summed E-state index contributed by atoms with van der Waals surface area (Å²) in [7, 11) is 0. The first-order chi connectivity index (χ1) is 7.81. The van der Waals surface area contributed by atoms with Gasteiger partial charge in [0.2, 0.25) is 0 Å². The first-order valence-corrected chi connectivity index (χ1v) is 4.87. The van der Waals surface area contributed by atoms with E-state index in [1.807, 2.05) is 6.92 Å². The Balaban J connectivity index is 2.83. The summed E-state index contributed by atoms with van der Waals surface area (Å²) in [5.41, 5.74) is 0.309. The lowest BCUT2D eigenvalue weighted by molar-refractivity contribution is -0.103. The second kappa shape index (κ2) is 4.13. The molecular weight excluding hydrogens is 206 g/mol. The number of fused-ring (bicyclic) bond motifs is 1. The number of nitrogens with zero attached hydrogens (tertiary/aromatic N) is 1. The molecule has 0 saturated heterocycles. The fourth-order valence-electron chi connectivity index (χ4n) is 1.62. The summed E-state index contributed by atoms with van der Waals surface area (Å²) in [5, 5.41) is 1.16. The van der Waals surface area contributed by atoms with Crippen molar-refractivity contribution in [3.8, 4) is 5.75 Å². The molecule has 0 radical (unpaired) electrons. The molecule has 1 aliphatic heterocycles. The van der Waals surface area contributed by atoms with Crippen molar-refractivity contribution in [2.45, 2.75) is 6.92 Å². The van der Waals surface area contributed by atoms with E-state index in [2.05, 4.69) is 4.99 Å². The second-order valence-corrected chi connectivity index (χ2v) is 3.18. The van der Waals surface area contributed by atoms with E-state index in [9.17, 15) is 9.59 Å². The summed E-state index contributed by atoms with van der Waals surface area (Å²) in [4.78, 5) is 25.5. The van der Waals surface area contributed by atoms with Crippen molar-refractivity contribution in [2.75, 3.05) is 6.61 Å². The average Bonchev–Trinajstić information content (AvgIpc) is 2.68. The Kier molecular flexibility index (Phi) is 2.66. The smallest absolute Gasteiger partial charge is 0.158 e. The highest BCUT2D eigenvalue weighted by atomic mass is 16.5. The molecule has 4 heteroatoms. The normalized spacial score (nSPS) is 12.8. The van der Waals surface area contributed by atoms with Gasteiger partial charge in [-0.2, -0.15) is 0 Å². The fraction of sp³-hybridized carbons (Fsp3) is 0.167. The minimum Gasteiger partial charge on any atom is -0.492 e. The monoisotopic (exact) mass is 215 g/mol. The van der Waals surface area contributed by atoms with Crippen molar-refractivity contribution < 1.29 is 14.3 Å². The summed E-state index contributed by atoms with van der Waals surface area (Å²) in [6.07, 6.45) is 0.616. The van der Waals surface area contributed by atoms with Gasteiger partial charge in [0.1, 0.15) is 11.1 Å². The van der Waals surface area contributed by atoms with E-state index in [-0.39, 0.29) is 11.3 Å². The zero-order chi connectivity index (χ0) is 11.5. The van der Waals surface area contributed by atoms with Gasteiger partial charge in [-0.25, -0.2) is 9.79 Å². The molecule has 0 saturated carbocycles. The molecule has 4 nitrogen and oxygen atoms in total. The summed E-state index contributed by atoms with van der Waals surface area (Å²) in [6.45, 7) is 2.36. The Morgan fingerprint density at radius 3 is 2.94 bits per heavy atom. The van der Waals surface area contributed by atoms with Crippen LogP contribution in [-0.2, 0) is 9.59 Å². The van der Waals surface area contributed by atoms with Crippen LogP contribution in [0.2, 0.25) is 0 Å². The Hall–Kier alpha value is -2.19. The molecule has 0 spiro atoms. The molecule has 16 heavy (non-hydrogen) atoms. The van der Waals surface area contributed by atoms with Crippen LogP contribution in [0.15, 0.2) is 28.9 Å². The van der Waals surface area contributed by atoms with Crippen molar-refractivity contribution in [1.29, 1.82) is 0 Å². The lowest BCUT2D eigenvalue weighted by atomic mass is 10.2. The number of carbonyl (C=O) groups excluding carboxylic acids is 2. The molecule has 0 aromatic heterocycles. The molecule has 1 aliphatic rings. The zero-order valence-corrected chi connectivity index (χ0v) is 8.69. The Morgan fingerprint density at radius 1 is 1.50 bits per heavy atom. The number of benzene rings is 1. The van der Waals surface area contributed by atoms with E-state index in [4.69, 9.17) is 4.74 Å². The molecule has 0 bridgehead atoms. The topological polar surface area (TPSA) is 55.7 Å². The van der Waals surface area contributed by atoms with E-state index in [0.29, 0.717) is 29.2 Å². The van der Waals surface area contributed by atoms with Gasteiger partial charge >= 0.3 is 0 Å². The van der Waals surface area contributed by atoms with Crippen LogP contribution in [0.4, 0.5) is 0 Å². The van der Waals surface area contributed by atoms with Crippen LogP contribution in [0.5, 0.6) is 5.75 Å².